The van der Waals surface area contributed by atoms with Crippen LogP contribution in [0.3, 0.4) is 0 Å². The molecule has 0 aliphatic carbocycles. The molecular formula is C14H11Cl2FN2OS. The molecule has 7 heteroatoms. The van der Waals surface area contributed by atoms with E-state index in [1.165, 1.54) is 23.9 Å². The summed E-state index contributed by atoms with van der Waals surface area (Å²) >= 11 is 12.7. The molecule has 3 nitrogen and oxygen atoms in total. The van der Waals surface area contributed by atoms with Crippen LogP contribution in [0.5, 0.6) is 0 Å². The number of nitrogens with two attached hydrogens (primary N) is 1. The van der Waals surface area contributed by atoms with E-state index in [-0.39, 0.29) is 22.4 Å². The first-order valence-corrected chi connectivity index (χ1v) is 7.62. The van der Waals surface area contributed by atoms with Crippen LogP contribution >= 0.6 is 35.0 Å². The Morgan fingerprint density at radius 1 is 1.19 bits per heavy atom. The Morgan fingerprint density at radius 3 is 2.52 bits per heavy atom. The van der Waals surface area contributed by atoms with E-state index in [9.17, 15) is 9.18 Å². The minimum atomic E-state index is -0.577. The number of carbonyl (C=O) groups is 1. The SMILES string of the molecule is Nc1cc(Cl)ccc1SCC(=O)Nc1ccc(Cl)cc1F. The van der Waals surface area contributed by atoms with Gasteiger partial charge in [-0.05, 0) is 36.4 Å². The fraction of sp³-hybridized carbons (Fsp3) is 0.0714. The third kappa shape index (κ3) is 4.52. The van der Waals surface area contributed by atoms with Gasteiger partial charge in [0.15, 0.2) is 0 Å². The highest BCUT2D eigenvalue weighted by Crippen LogP contribution is 2.28. The number of nitrogen functional groups attached to an aromatic ring is 1. The zero-order valence-corrected chi connectivity index (χ0v) is 13.0. The first kappa shape index (κ1) is 15.9. The molecule has 0 heterocycles. The van der Waals surface area contributed by atoms with Crippen molar-refractivity contribution in [2.24, 2.45) is 0 Å². The van der Waals surface area contributed by atoms with E-state index in [1.54, 1.807) is 18.2 Å². The molecule has 0 unspecified atom stereocenters. The Bertz CT molecular complexity index is 682. The number of hydrogen-bond acceptors (Lipinski definition) is 3. The highest BCUT2D eigenvalue weighted by Gasteiger charge is 2.09. The van der Waals surface area contributed by atoms with E-state index in [0.29, 0.717) is 10.7 Å². The standard InChI is InChI=1S/C14H11Cl2FN2OS/c15-8-1-3-12(10(17)5-8)19-14(20)7-21-13-4-2-9(16)6-11(13)18/h1-6H,7,18H2,(H,19,20). The number of carbonyl (C=O) groups excluding carboxylic acids is 1. The van der Waals surface area contributed by atoms with Crippen molar-refractivity contribution in [2.45, 2.75) is 4.90 Å². The molecule has 2 rings (SSSR count). The number of rotatable bonds is 4. The van der Waals surface area contributed by atoms with Crippen molar-refractivity contribution < 1.29 is 9.18 Å². The Balaban J connectivity index is 1.96. The van der Waals surface area contributed by atoms with Gasteiger partial charge >= 0.3 is 0 Å². The zero-order valence-electron chi connectivity index (χ0n) is 10.7. The van der Waals surface area contributed by atoms with Crippen LogP contribution in [0.25, 0.3) is 0 Å². The van der Waals surface area contributed by atoms with Crippen molar-refractivity contribution in [1.82, 2.24) is 0 Å². The highest BCUT2D eigenvalue weighted by molar-refractivity contribution is 8.00. The molecule has 0 saturated heterocycles. The Labute approximate surface area is 135 Å². The summed E-state index contributed by atoms with van der Waals surface area (Å²) in [7, 11) is 0. The molecule has 0 fully saturated rings. The van der Waals surface area contributed by atoms with Gasteiger partial charge in [0, 0.05) is 20.6 Å². The maximum atomic E-state index is 13.5. The van der Waals surface area contributed by atoms with Crippen LogP contribution in [-0.2, 0) is 4.79 Å². The topological polar surface area (TPSA) is 55.1 Å². The lowest BCUT2D eigenvalue weighted by atomic mass is 10.3. The summed E-state index contributed by atoms with van der Waals surface area (Å²) < 4.78 is 13.5. The van der Waals surface area contributed by atoms with Gasteiger partial charge in [-0.15, -0.1) is 11.8 Å². The quantitative estimate of drug-likeness (QED) is 0.636. The van der Waals surface area contributed by atoms with E-state index in [4.69, 9.17) is 28.9 Å². The second kappa shape index (κ2) is 7.02. The zero-order chi connectivity index (χ0) is 15.4. The van der Waals surface area contributed by atoms with E-state index in [1.807, 2.05) is 0 Å². The molecule has 0 aliphatic heterocycles. The minimum absolute atomic E-state index is 0.0917. The van der Waals surface area contributed by atoms with Crippen LogP contribution < -0.4 is 11.1 Å². The Morgan fingerprint density at radius 2 is 1.86 bits per heavy atom. The fourth-order valence-electron chi connectivity index (χ4n) is 1.57. The third-order valence-electron chi connectivity index (χ3n) is 2.54. The molecule has 1 amide bonds. The third-order valence-corrected chi connectivity index (χ3v) is 4.10. The van der Waals surface area contributed by atoms with Crippen LogP contribution in [0.15, 0.2) is 41.3 Å². The largest absolute Gasteiger partial charge is 0.398 e. The fourth-order valence-corrected chi connectivity index (χ4v) is 2.66. The van der Waals surface area contributed by atoms with Gasteiger partial charge in [-0.1, -0.05) is 23.2 Å². The van der Waals surface area contributed by atoms with Gasteiger partial charge in [0.1, 0.15) is 5.82 Å². The van der Waals surface area contributed by atoms with Gasteiger partial charge in [-0.3, -0.25) is 4.79 Å². The Hall–Kier alpha value is -1.43. The summed E-state index contributed by atoms with van der Waals surface area (Å²) in [6, 6.07) is 9.10. The van der Waals surface area contributed by atoms with Crippen LogP contribution in [-0.4, -0.2) is 11.7 Å². The number of thioether (sulfide) groups is 1. The molecule has 0 saturated carbocycles. The highest BCUT2D eigenvalue weighted by atomic mass is 35.5. The predicted octanol–water partition coefficient (Wildman–Crippen LogP) is 4.45. The molecular weight excluding hydrogens is 334 g/mol. The van der Waals surface area contributed by atoms with Gasteiger partial charge in [0.25, 0.3) is 0 Å². The van der Waals surface area contributed by atoms with E-state index < -0.39 is 5.82 Å². The summed E-state index contributed by atoms with van der Waals surface area (Å²) in [5.74, 6) is -0.809. The van der Waals surface area contributed by atoms with Gasteiger partial charge in [0.05, 0.1) is 11.4 Å². The van der Waals surface area contributed by atoms with Crippen LogP contribution in [0.2, 0.25) is 10.0 Å². The molecule has 0 radical (unpaired) electrons. The van der Waals surface area contributed by atoms with Crippen molar-refractivity contribution in [2.75, 3.05) is 16.8 Å². The first-order valence-electron chi connectivity index (χ1n) is 5.88. The molecule has 0 spiro atoms. The van der Waals surface area contributed by atoms with Gasteiger partial charge in [0.2, 0.25) is 5.91 Å². The number of amides is 1. The molecule has 110 valence electrons. The summed E-state index contributed by atoms with van der Waals surface area (Å²) in [5.41, 5.74) is 6.38. The lowest BCUT2D eigenvalue weighted by molar-refractivity contribution is -0.113. The molecule has 3 N–H and O–H groups in total. The summed E-state index contributed by atoms with van der Waals surface area (Å²) in [6.07, 6.45) is 0. The molecule has 0 aromatic heterocycles. The van der Waals surface area contributed by atoms with E-state index in [2.05, 4.69) is 5.32 Å². The number of halogens is 3. The van der Waals surface area contributed by atoms with E-state index >= 15 is 0 Å². The second-order valence-corrected chi connectivity index (χ2v) is 6.03. The lowest BCUT2D eigenvalue weighted by Gasteiger charge is -2.08. The predicted molar refractivity (Wildman–Crippen MR) is 86.6 cm³/mol. The average Bonchev–Trinajstić information content (AvgIpc) is 2.41. The van der Waals surface area contributed by atoms with Crippen molar-refractivity contribution >= 4 is 52.2 Å². The average molecular weight is 345 g/mol. The number of nitrogens with one attached hydrogen (secondary N) is 1. The summed E-state index contributed by atoms with van der Waals surface area (Å²) in [6.45, 7) is 0. The van der Waals surface area contributed by atoms with Gasteiger partial charge in [-0.2, -0.15) is 0 Å². The van der Waals surface area contributed by atoms with Crippen molar-refractivity contribution in [1.29, 1.82) is 0 Å². The smallest absolute Gasteiger partial charge is 0.234 e. The minimum Gasteiger partial charge on any atom is -0.398 e. The first-order chi connectivity index (χ1) is 9.95. The number of hydrogen-bond donors (Lipinski definition) is 2. The number of benzene rings is 2. The number of anilines is 2. The second-order valence-electron chi connectivity index (χ2n) is 4.14. The maximum Gasteiger partial charge on any atom is 0.234 e. The summed E-state index contributed by atoms with van der Waals surface area (Å²) in [5, 5.41) is 3.28. The lowest BCUT2D eigenvalue weighted by Crippen LogP contribution is -2.15. The van der Waals surface area contributed by atoms with Crippen molar-refractivity contribution in [3.05, 3.63) is 52.3 Å². The maximum absolute atomic E-state index is 13.5. The van der Waals surface area contributed by atoms with E-state index in [0.717, 1.165) is 11.0 Å². The van der Waals surface area contributed by atoms with Gasteiger partial charge in [-0.25, -0.2) is 4.39 Å². The molecule has 21 heavy (non-hydrogen) atoms. The van der Waals surface area contributed by atoms with Crippen LogP contribution in [0, 0.1) is 5.82 Å². The monoisotopic (exact) mass is 344 g/mol. The summed E-state index contributed by atoms with van der Waals surface area (Å²) in [4.78, 5) is 12.5. The van der Waals surface area contributed by atoms with Crippen LogP contribution in [0.1, 0.15) is 0 Å². The molecule has 0 aliphatic rings. The van der Waals surface area contributed by atoms with Crippen molar-refractivity contribution in [3.63, 3.8) is 0 Å². The Kier molecular flexibility index (Phi) is 5.33. The normalized spacial score (nSPS) is 10.4. The van der Waals surface area contributed by atoms with Crippen molar-refractivity contribution in [3.8, 4) is 0 Å². The molecule has 2 aromatic rings. The molecule has 0 bridgehead atoms. The molecule has 2 aromatic carbocycles. The van der Waals surface area contributed by atoms with Crippen LogP contribution in [0.4, 0.5) is 15.8 Å². The van der Waals surface area contributed by atoms with Gasteiger partial charge < -0.3 is 11.1 Å². The molecule has 0 atom stereocenters.